The zero-order chi connectivity index (χ0) is 17.5. The summed E-state index contributed by atoms with van der Waals surface area (Å²) in [6, 6.07) is 6.63. The van der Waals surface area contributed by atoms with Gasteiger partial charge in [0.15, 0.2) is 6.61 Å². The molecule has 8 heteroatoms. The number of nitrogens with two attached hydrogens (primary N) is 1. The smallest absolute Gasteiger partial charge is 0.354 e. The molecule has 0 spiro atoms. The molecule has 0 radical (unpaired) electrons. The number of anilines is 1. The molecule has 3 rings (SSSR count). The van der Waals surface area contributed by atoms with Gasteiger partial charge in [-0.3, -0.25) is 19.3 Å². The molecule has 1 aromatic carbocycles. The third-order valence-corrected chi connectivity index (χ3v) is 4.36. The van der Waals surface area contributed by atoms with Crippen LogP contribution in [0.1, 0.15) is 30.1 Å². The maximum atomic E-state index is 12.8. The number of carbonyl (C=O) groups is 4. The predicted molar refractivity (Wildman–Crippen MR) is 82.8 cm³/mol. The molecule has 0 aliphatic carbocycles. The van der Waals surface area contributed by atoms with Crippen LogP contribution in [0.4, 0.5) is 5.69 Å². The number of fused-ring (bicyclic) bond motifs is 3. The maximum Gasteiger partial charge on any atom is 0.354 e. The van der Waals surface area contributed by atoms with Gasteiger partial charge in [0.2, 0.25) is 11.6 Å². The lowest BCUT2D eigenvalue weighted by Gasteiger charge is -2.47. The molecule has 3 amide bonds. The van der Waals surface area contributed by atoms with E-state index in [4.69, 9.17) is 10.5 Å². The molecule has 1 fully saturated rings. The summed E-state index contributed by atoms with van der Waals surface area (Å²) in [6.07, 6.45) is 0.209. The Kier molecular flexibility index (Phi) is 3.75. The Morgan fingerprint density at radius 3 is 2.67 bits per heavy atom. The molecule has 126 valence electrons. The topological polar surface area (TPSA) is 110 Å². The third-order valence-electron chi connectivity index (χ3n) is 4.36. The summed E-state index contributed by atoms with van der Waals surface area (Å²) in [7, 11) is 0. The molecule has 0 unspecified atom stereocenters. The fourth-order valence-corrected chi connectivity index (χ4v) is 3.42. The standard InChI is InChI=1S/C16H17N3O5/c1-2-18-14(22)10-5-3-4-6-11(10)19-13(21)7-8-16(18,19)15(23)24-9-12(17)20/h3-6H,2,7-9H2,1H3,(H2,17,20)/t16-/m0/s1. The van der Waals surface area contributed by atoms with E-state index in [1.165, 1.54) is 9.80 Å². The van der Waals surface area contributed by atoms with Gasteiger partial charge >= 0.3 is 5.97 Å². The van der Waals surface area contributed by atoms with Gasteiger partial charge in [0.05, 0.1) is 11.3 Å². The van der Waals surface area contributed by atoms with E-state index in [9.17, 15) is 19.2 Å². The van der Waals surface area contributed by atoms with Crippen molar-refractivity contribution in [3.63, 3.8) is 0 Å². The van der Waals surface area contributed by atoms with Gasteiger partial charge in [-0.05, 0) is 19.1 Å². The highest BCUT2D eigenvalue weighted by Crippen LogP contribution is 2.44. The lowest BCUT2D eigenvalue weighted by Crippen LogP contribution is -2.68. The molecule has 2 heterocycles. The van der Waals surface area contributed by atoms with Crippen molar-refractivity contribution < 1.29 is 23.9 Å². The van der Waals surface area contributed by atoms with Gasteiger partial charge in [-0.25, -0.2) is 4.79 Å². The van der Waals surface area contributed by atoms with Crippen LogP contribution < -0.4 is 10.6 Å². The second kappa shape index (κ2) is 5.63. The van der Waals surface area contributed by atoms with E-state index >= 15 is 0 Å². The molecular weight excluding hydrogens is 314 g/mol. The Morgan fingerprint density at radius 2 is 2.00 bits per heavy atom. The summed E-state index contributed by atoms with van der Waals surface area (Å²) >= 11 is 0. The van der Waals surface area contributed by atoms with Gasteiger partial charge in [0.25, 0.3) is 11.8 Å². The number of rotatable bonds is 4. The minimum absolute atomic E-state index is 0.101. The van der Waals surface area contributed by atoms with Crippen molar-refractivity contribution in [3.8, 4) is 0 Å². The van der Waals surface area contributed by atoms with Crippen LogP contribution in [0.25, 0.3) is 0 Å². The molecule has 2 aliphatic heterocycles. The predicted octanol–water partition coefficient (Wildman–Crippen LogP) is 0.0139. The molecule has 1 aromatic rings. The van der Waals surface area contributed by atoms with Crippen molar-refractivity contribution in [2.75, 3.05) is 18.1 Å². The molecule has 24 heavy (non-hydrogen) atoms. The van der Waals surface area contributed by atoms with Crippen LogP contribution in [0.2, 0.25) is 0 Å². The highest BCUT2D eigenvalue weighted by atomic mass is 16.5. The van der Waals surface area contributed by atoms with Gasteiger partial charge in [-0.15, -0.1) is 0 Å². The molecular formula is C16H17N3O5. The van der Waals surface area contributed by atoms with Crippen LogP contribution in [0.15, 0.2) is 24.3 Å². The monoisotopic (exact) mass is 331 g/mol. The number of hydrogen-bond acceptors (Lipinski definition) is 5. The zero-order valence-corrected chi connectivity index (χ0v) is 13.2. The minimum Gasteiger partial charge on any atom is -0.452 e. The van der Waals surface area contributed by atoms with Crippen LogP contribution in [-0.2, 0) is 19.1 Å². The molecule has 2 aliphatic rings. The zero-order valence-electron chi connectivity index (χ0n) is 13.2. The van der Waals surface area contributed by atoms with Gasteiger partial charge < -0.3 is 15.4 Å². The van der Waals surface area contributed by atoms with Crippen LogP contribution in [0, 0.1) is 0 Å². The van der Waals surface area contributed by atoms with Crippen molar-refractivity contribution in [2.24, 2.45) is 5.73 Å². The Labute approximate surface area is 138 Å². The second-order valence-corrected chi connectivity index (χ2v) is 5.65. The largest absolute Gasteiger partial charge is 0.452 e. The van der Waals surface area contributed by atoms with Crippen molar-refractivity contribution in [3.05, 3.63) is 29.8 Å². The summed E-state index contributed by atoms with van der Waals surface area (Å²) < 4.78 is 4.99. The number of ether oxygens (including phenoxy) is 1. The summed E-state index contributed by atoms with van der Waals surface area (Å²) in [5, 5.41) is 0. The van der Waals surface area contributed by atoms with Crippen LogP contribution in [-0.4, -0.2) is 47.4 Å². The summed E-state index contributed by atoms with van der Waals surface area (Å²) in [5.74, 6) is -2.25. The maximum absolute atomic E-state index is 12.8. The molecule has 0 bridgehead atoms. The normalized spacial score (nSPS) is 22.2. The Hall–Kier alpha value is -2.90. The van der Waals surface area contributed by atoms with Crippen molar-refractivity contribution in [1.29, 1.82) is 0 Å². The van der Waals surface area contributed by atoms with E-state index in [0.717, 1.165) is 0 Å². The summed E-state index contributed by atoms with van der Waals surface area (Å²) in [6.45, 7) is 1.33. The fourth-order valence-electron chi connectivity index (χ4n) is 3.42. The SMILES string of the molecule is CCN1C(=O)c2ccccc2N2C(=O)CC[C@]12C(=O)OCC(N)=O. The first kappa shape index (κ1) is 16.0. The summed E-state index contributed by atoms with van der Waals surface area (Å²) in [4.78, 5) is 51.6. The lowest BCUT2D eigenvalue weighted by molar-refractivity contribution is -0.159. The Bertz CT molecular complexity index is 747. The number of primary amides is 1. The first-order valence-electron chi connectivity index (χ1n) is 7.63. The van der Waals surface area contributed by atoms with Crippen molar-refractivity contribution in [2.45, 2.75) is 25.4 Å². The summed E-state index contributed by atoms with van der Waals surface area (Å²) in [5.41, 5.74) is 4.20. The van der Waals surface area contributed by atoms with E-state index < -0.39 is 24.1 Å². The van der Waals surface area contributed by atoms with E-state index in [2.05, 4.69) is 0 Å². The third kappa shape index (κ3) is 2.06. The highest BCUT2D eigenvalue weighted by molar-refractivity contribution is 6.15. The quantitative estimate of drug-likeness (QED) is 0.782. The average Bonchev–Trinajstić information content (AvgIpc) is 2.92. The average molecular weight is 331 g/mol. The molecule has 1 atom stereocenters. The number of likely N-dealkylation sites (N-methyl/N-ethyl adjacent to an activating group) is 1. The number of hydrogen-bond donors (Lipinski definition) is 1. The molecule has 0 saturated carbocycles. The molecule has 2 N–H and O–H groups in total. The number of benzene rings is 1. The Balaban J connectivity index is 2.14. The number of amides is 3. The first-order chi connectivity index (χ1) is 11.4. The highest BCUT2D eigenvalue weighted by Gasteiger charge is 2.61. The minimum atomic E-state index is -1.56. The van der Waals surface area contributed by atoms with Gasteiger partial charge in [0.1, 0.15) is 0 Å². The van der Waals surface area contributed by atoms with Crippen molar-refractivity contribution in [1.82, 2.24) is 4.90 Å². The van der Waals surface area contributed by atoms with Crippen molar-refractivity contribution >= 4 is 29.4 Å². The number of carbonyl (C=O) groups excluding carboxylic acids is 4. The first-order valence-corrected chi connectivity index (χ1v) is 7.63. The van der Waals surface area contributed by atoms with Gasteiger partial charge in [-0.1, -0.05) is 12.1 Å². The lowest BCUT2D eigenvalue weighted by atomic mass is 9.96. The molecule has 0 aromatic heterocycles. The van der Waals surface area contributed by atoms with E-state index in [1.807, 2.05) is 0 Å². The van der Waals surface area contributed by atoms with Crippen LogP contribution in [0.5, 0.6) is 0 Å². The fraction of sp³-hybridized carbons (Fsp3) is 0.375. The second-order valence-electron chi connectivity index (χ2n) is 5.65. The Morgan fingerprint density at radius 1 is 1.29 bits per heavy atom. The van der Waals surface area contributed by atoms with Gasteiger partial charge in [-0.2, -0.15) is 0 Å². The van der Waals surface area contributed by atoms with Crippen LogP contribution in [0.3, 0.4) is 0 Å². The van der Waals surface area contributed by atoms with E-state index in [-0.39, 0.29) is 31.2 Å². The van der Waals surface area contributed by atoms with E-state index in [0.29, 0.717) is 11.3 Å². The van der Waals surface area contributed by atoms with Gasteiger partial charge in [0, 0.05) is 19.4 Å². The molecule has 1 saturated heterocycles. The van der Waals surface area contributed by atoms with E-state index in [1.54, 1.807) is 31.2 Å². The number of esters is 1. The van der Waals surface area contributed by atoms with Crippen LogP contribution >= 0.6 is 0 Å². The molecule has 8 nitrogen and oxygen atoms in total. The number of para-hydroxylation sites is 1. The number of nitrogens with zero attached hydrogens (tertiary/aromatic N) is 2.